The number of hydrogen-bond acceptors (Lipinski definition) is 3. The highest BCUT2D eigenvalue weighted by molar-refractivity contribution is 5.87. The Morgan fingerprint density at radius 2 is 1.92 bits per heavy atom. The minimum Gasteiger partial charge on any atom is -0.496 e. The normalized spacial score (nSPS) is 16.0. The van der Waals surface area contributed by atoms with Crippen molar-refractivity contribution in [3.05, 3.63) is 47.5 Å². The molecule has 1 heterocycles. The summed E-state index contributed by atoms with van der Waals surface area (Å²) in [6.07, 6.45) is 0.766. The maximum atomic E-state index is 12.4. The van der Waals surface area contributed by atoms with Crippen LogP contribution >= 0.6 is 0 Å². The van der Waals surface area contributed by atoms with Gasteiger partial charge in [-0.05, 0) is 35.6 Å². The third kappa shape index (κ3) is 3.41. The maximum Gasteiger partial charge on any atom is 0.227 e. The molecule has 1 unspecified atom stereocenters. The number of para-hydroxylation sites is 1. The molecule has 0 radical (unpaired) electrons. The summed E-state index contributed by atoms with van der Waals surface area (Å²) < 4.78 is 5.59. The van der Waals surface area contributed by atoms with E-state index < -0.39 is 0 Å². The number of carbonyl (C=O) groups excluding carboxylic acids is 1. The highest BCUT2D eigenvalue weighted by atomic mass is 16.5. The zero-order valence-electron chi connectivity index (χ0n) is 16.3. The van der Waals surface area contributed by atoms with Crippen LogP contribution in [0.5, 0.6) is 5.75 Å². The Balaban J connectivity index is 2.11. The lowest BCUT2D eigenvalue weighted by Gasteiger charge is -2.30. The summed E-state index contributed by atoms with van der Waals surface area (Å²) in [6, 6.07) is 12.6. The van der Waals surface area contributed by atoms with E-state index in [2.05, 4.69) is 37.4 Å². The number of nitrogens with one attached hydrogen (secondary N) is 1. The van der Waals surface area contributed by atoms with Crippen molar-refractivity contribution in [2.24, 2.45) is 5.92 Å². The van der Waals surface area contributed by atoms with E-state index in [1.807, 2.05) is 32.3 Å². The van der Waals surface area contributed by atoms with Gasteiger partial charge in [0.05, 0.1) is 13.0 Å². The largest absolute Gasteiger partial charge is 0.496 e. The number of benzene rings is 2. The number of methoxy groups -OCH3 is 1. The van der Waals surface area contributed by atoms with Gasteiger partial charge in [-0.3, -0.25) is 4.79 Å². The van der Waals surface area contributed by atoms with Crippen LogP contribution in [0.1, 0.15) is 30.9 Å². The zero-order chi connectivity index (χ0) is 18.8. The van der Waals surface area contributed by atoms with Crippen LogP contribution in [0, 0.1) is 5.92 Å². The van der Waals surface area contributed by atoms with Crippen LogP contribution in [0.15, 0.2) is 36.4 Å². The smallest absolute Gasteiger partial charge is 0.227 e. The molecule has 4 nitrogen and oxygen atoms in total. The molecular weight excluding hydrogens is 324 g/mol. The first-order chi connectivity index (χ1) is 12.4. The van der Waals surface area contributed by atoms with Crippen LogP contribution in [-0.4, -0.2) is 38.6 Å². The first-order valence-electron chi connectivity index (χ1n) is 9.17. The van der Waals surface area contributed by atoms with Crippen LogP contribution in [-0.2, 0) is 11.2 Å². The van der Waals surface area contributed by atoms with Gasteiger partial charge in [-0.2, -0.15) is 0 Å². The van der Waals surface area contributed by atoms with Crippen molar-refractivity contribution in [3.8, 4) is 16.9 Å². The number of rotatable bonds is 4. The summed E-state index contributed by atoms with van der Waals surface area (Å²) in [5, 5.41) is 3.53. The van der Waals surface area contributed by atoms with Crippen LogP contribution in [0.25, 0.3) is 11.1 Å². The van der Waals surface area contributed by atoms with Crippen molar-refractivity contribution >= 4 is 11.6 Å². The summed E-state index contributed by atoms with van der Waals surface area (Å²) >= 11 is 0. The summed E-state index contributed by atoms with van der Waals surface area (Å²) in [6.45, 7) is 5.06. The summed E-state index contributed by atoms with van der Waals surface area (Å²) in [5.41, 5.74) is 5.85. The van der Waals surface area contributed by atoms with E-state index in [4.69, 9.17) is 4.74 Å². The zero-order valence-corrected chi connectivity index (χ0v) is 16.3. The predicted octanol–water partition coefficient (Wildman–Crippen LogP) is 4.16. The molecule has 1 aliphatic heterocycles. The van der Waals surface area contributed by atoms with E-state index in [9.17, 15) is 4.79 Å². The Labute approximate surface area is 156 Å². The van der Waals surface area contributed by atoms with E-state index in [-0.39, 0.29) is 11.8 Å². The average molecular weight is 352 g/mol. The lowest BCUT2D eigenvalue weighted by atomic mass is 9.85. The number of nitrogens with zero attached hydrogens (tertiary/aromatic N) is 1. The van der Waals surface area contributed by atoms with Crippen LogP contribution in [0.4, 0.5) is 5.69 Å². The summed E-state index contributed by atoms with van der Waals surface area (Å²) in [5.74, 6) is 1.44. The fourth-order valence-corrected chi connectivity index (χ4v) is 3.61. The summed E-state index contributed by atoms with van der Waals surface area (Å²) in [7, 11) is 5.35. The van der Waals surface area contributed by atoms with Gasteiger partial charge in [0.25, 0.3) is 0 Å². The van der Waals surface area contributed by atoms with E-state index in [1.165, 1.54) is 11.1 Å². The fraction of sp³-hybridized carbons (Fsp3) is 0.409. The highest BCUT2D eigenvalue weighted by Gasteiger charge is 2.28. The molecular formula is C22H28N2O2. The second kappa shape index (κ2) is 7.40. The molecule has 26 heavy (non-hydrogen) atoms. The number of fused-ring (bicyclic) bond motifs is 1. The average Bonchev–Trinajstić information content (AvgIpc) is 2.65. The molecule has 138 valence electrons. The van der Waals surface area contributed by atoms with Gasteiger partial charge in [0.2, 0.25) is 5.91 Å². The van der Waals surface area contributed by atoms with Gasteiger partial charge in [0, 0.05) is 37.5 Å². The number of amides is 1. The van der Waals surface area contributed by atoms with E-state index in [0.29, 0.717) is 12.5 Å². The molecule has 4 heteroatoms. The topological polar surface area (TPSA) is 41.6 Å². The van der Waals surface area contributed by atoms with E-state index in [0.717, 1.165) is 29.0 Å². The van der Waals surface area contributed by atoms with Crippen molar-refractivity contribution < 1.29 is 9.53 Å². The fourth-order valence-electron chi connectivity index (χ4n) is 3.61. The second-order valence-corrected chi connectivity index (χ2v) is 7.47. The van der Waals surface area contributed by atoms with Crippen molar-refractivity contribution in [3.63, 3.8) is 0 Å². The molecule has 0 saturated carbocycles. The number of anilines is 1. The molecule has 1 aliphatic rings. The Hall–Kier alpha value is -2.49. The van der Waals surface area contributed by atoms with Crippen molar-refractivity contribution in [1.29, 1.82) is 0 Å². The third-order valence-corrected chi connectivity index (χ3v) is 5.09. The Kier molecular flexibility index (Phi) is 5.21. The molecule has 0 aliphatic carbocycles. The molecule has 2 aromatic rings. The monoisotopic (exact) mass is 352 g/mol. The molecule has 1 N–H and O–H groups in total. The molecule has 0 spiro atoms. The minimum atomic E-state index is -0.0227. The SMILES string of the molecule is COc1ccccc1-c1cc(C(C)C)cc2c1NCC(C(=O)N(C)C)C2. The molecule has 0 bridgehead atoms. The number of hydrogen-bond donors (Lipinski definition) is 1. The molecule has 0 fully saturated rings. The van der Waals surface area contributed by atoms with Gasteiger partial charge in [-0.15, -0.1) is 0 Å². The maximum absolute atomic E-state index is 12.4. The van der Waals surface area contributed by atoms with Crippen molar-refractivity contribution in [1.82, 2.24) is 4.90 Å². The number of carbonyl (C=O) groups is 1. The third-order valence-electron chi connectivity index (χ3n) is 5.09. The Morgan fingerprint density at radius 1 is 1.19 bits per heavy atom. The quantitative estimate of drug-likeness (QED) is 0.898. The Morgan fingerprint density at radius 3 is 2.58 bits per heavy atom. The molecule has 3 rings (SSSR count). The van der Waals surface area contributed by atoms with Crippen molar-refractivity contribution in [2.75, 3.05) is 33.1 Å². The molecule has 0 saturated heterocycles. The Bertz CT molecular complexity index is 812. The molecule has 1 amide bonds. The first kappa shape index (κ1) is 18.3. The van der Waals surface area contributed by atoms with Gasteiger partial charge in [0.15, 0.2) is 0 Å². The van der Waals surface area contributed by atoms with Gasteiger partial charge < -0.3 is 15.0 Å². The highest BCUT2D eigenvalue weighted by Crippen LogP contribution is 2.41. The van der Waals surface area contributed by atoms with E-state index in [1.54, 1.807) is 12.0 Å². The van der Waals surface area contributed by atoms with Crippen LogP contribution in [0.2, 0.25) is 0 Å². The molecule has 1 atom stereocenters. The summed E-state index contributed by atoms with van der Waals surface area (Å²) in [4.78, 5) is 14.1. The first-order valence-corrected chi connectivity index (χ1v) is 9.17. The van der Waals surface area contributed by atoms with Gasteiger partial charge in [-0.1, -0.05) is 38.1 Å². The van der Waals surface area contributed by atoms with E-state index >= 15 is 0 Å². The van der Waals surface area contributed by atoms with Gasteiger partial charge >= 0.3 is 0 Å². The minimum absolute atomic E-state index is 0.0227. The lowest BCUT2D eigenvalue weighted by Crippen LogP contribution is -2.37. The standard InChI is InChI=1S/C22H28N2O2/c1-14(2)15-10-16-11-17(22(25)24(3)4)13-23-21(16)19(12-15)18-8-6-7-9-20(18)26-5/h6-10,12,14,17,23H,11,13H2,1-5H3. The molecule has 0 aromatic heterocycles. The van der Waals surface area contributed by atoms with Gasteiger partial charge in [0.1, 0.15) is 5.75 Å². The second-order valence-electron chi connectivity index (χ2n) is 7.47. The number of ether oxygens (including phenoxy) is 1. The van der Waals surface area contributed by atoms with Crippen LogP contribution in [0.3, 0.4) is 0 Å². The lowest BCUT2D eigenvalue weighted by molar-refractivity contribution is -0.132. The van der Waals surface area contributed by atoms with Crippen molar-refractivity contribution in [2.45, 2.75) is 26.2 Å². The predicted molar refractivity (Wildman–Crippen MR) is 107 cm³/mol. The molecule has 2 aromatic carbocycles. The van der Waals surface area contributed by atoms with Crippen LogP contribution < -0.4 is 10.1 Å². The van der Waals surface area contributed by atoms with Gasteiger partial charge in [-0.25, -0.2) is 0 Å².